The maximum Gasteiger partial charge on any atom is 0.0206 e. The predicted molar refractivity (Wildman–Crippen MR) is 66.9 cm³/mol. The summed E-state index contributed by atoms with van der Waals surface area (Å²) in [5.74, 6) is 0. The molecule has 82 valence electrons. The Kier molecular flexibility index (Phi) is 4.18. The van der Waals surface area contributed by atoms with Gasteiger partial charge in [-0.25, -0.2) is 0 Å². The van der Waals surface area contributed by atoms with E-state index in [1.165, 1.54) is 18.4 Å². The standard InChI is InChI=1S/C12H17BrN2/c13-11-3-1-2-10(8-11)9-14-6-7-15-12-4-5-12/h1-3,8,12,14-15H,4-7,9H2. The summed E-state index contributed by atoms with van der Waals surface area (Å²) in [7, 11) is 0. The van der Waals surface area contributed by atoms with E-state index in [2.05, 4.69) is 50.8 Å². The van der Waals surface area contributed by atoms with E-state index in [1.54, 1.807) is 0 Å². The molecule has 3 heteroatoms. The quantitative estimate of drug-likeness (QED) is 0.774. The third kappa shape index (κ3) is 4.33. The summed E-state index contributed by atoms with van der Waals surface area (Å²) in [6, 6.07) is 9.24. The van der Waals surface area contributed by atoms with Gasteiger partial charge in [0.05, 0.1) is 0 Å². The second-order valence-corrected chi connectivity index (χ2v) is 4.95. The van der Waals surface area contributed by atoms with Crippen molar-refractivity contribution < 1.29 is 0 Å². The molecule has 2 N–H and O–H groups in total. The molecule has 2 nitrogen and oxygen atoms in total. The smallest absolute Gasteiger partial charge is 0.0206 e. The highest BCUT2D eigenvalue weighted by Crippen LogP contribution is 2.17. The molecule has 0 heterocycles. The molecule has 1 fully saturated rings. The van der Waals surface area contributed by atoms with Crippen molar-refractivity contribution in [2.45, 2.75) is 25.4 Å². The molecule has 1 aromatic carbocycles. The zero-order chi connectivity index (χ0) is 10.5. The summed E-state index contributed by atoms with van der Waals surface area (Å²) in [6.07, 6.45) is 2.73. The van der Waals surface area contributed by atoms with Gasteiger partial charge in [0, 0.05) is 30.1 Å². The van der Waals surface area contributed by atoms with Crippen LogP contribution in [0.15, 0.2) is 28.7 Å². The van der Waals surface area contributed by atoms with Crippen LogP contribution in [0.1, 0.15) is 18.4 Å². The zero-order valence-electron chi connectivity index (χ0n) is 8.80. The SMILES string of the molecule is Brc1cccc(CNCCNC2CC2)c1. The van der Waals surface area contributed by atoms with Gasteiger partial charge >= 0.3 is 0 Å². The first-order valence-electron chi connectivity index (χ1n) is 5.53. The van der Waals surface area contributed by atoms with Crippen LogP contribution in [0.4, 0.5) is 0 Å². The first-order valence-corrected chi connectivity index (χ1v) is 6.32. The van der Waals surface area contributed by atoms with E-state index < -0.39 is 0 Å². The fraction of sp³-hybridized carbons (Fsp3) is 0.500. The highest BCUT2D eigenvalue weighted by molar-refractivity contribution is 9.10. The lowest BCUT2D eigenvalue weighted by Crippen LogP contribution is -2.28. The van der Waals surface area contributed by atoms with Crippen molar-refractivity contribution in [2.24, 2.45) is 0 Å². The van der Waals surface area contributed by atoms with Gasteiger partial charge < -0.3 is 10.6 Å². The Morgan fingerprint density at radius 3 is 2.87 bits per heavy atom. The Hall–Kier alpha value is -0.380. The summed E-state index contributed by atoms with van der Waals surface area (Å²) < 4.78 is 1.15. The highest BCUT2D eigenvalue weighted by atomic mass is 79.9. The van der Waals surface area contributed by atoms with Gasteiger partial charge in [-0.05, 0) is 30.5 Å². The van der Waals surface area contributed by atoms with Crippen LogP contribution < -0.4 is 10.6 Å². The van der Waals surface area contributed by atoms with E-state index in [0.29, 0.717) is 0 Å². The summed E-state index contributed by atoms with van der Waals surface area (Å²) in [4.78, 5) is 0. The Balaban J connectivity index is 1.60. The molecule has 2 rings (SSSR count). The summed E-state index contributed by atoms with van der Waals surface area (Å²) >= 11 is 3.47. The predicted octanol–water partition coefficient (Wildman–Crippen LogP) is 2.29. The summed E-state index contributed by atoms with van der Waals surface area (Å²) in [6.45, 7) is 3.08. The molecule has 0 radical (unpaired) electrons. The van der Waals surface area contributed by atoms with Crippen LogP contribution >= 0.6 is 15.9 Å². The van der Waals surface area contributed by atoms with Crippen LogP contribution in [0.3, 0.4) is 0 Å². The van der Waals surface area contributed by atoms with Gasteiger partial charge in [0.1, 0.15) is 0 Å². The van der Waals surface area contributed by atoms with Crippen LogP contribution in [0.25, 0.3) is 0 Å². The molecule has 0 spiro atoms. The number of nitrogens with one attached hydrogen (secondary N) is 2. The van der Waals surface area contributed by atoms with Crippen molar-refractivity contribution in [1.82, 2.24) is 10.6 Å². The normalized spacial score (nSPS) is 15.5. The fourth-order valence-electron chi connectivity index (χ4n) is 1.53. The van der Waals surface area contributed by atoms with E-state index in [4.69, 9.17) is 0 Å². The van der Waals surface area contributed by atoms with Gasteiger partial charge in [0.15, 0.2) is 0 Å². The first kappa shape index (κ1) is 11.1. The minimum Gasteiger partial charge on any atom is -0.313 e. The molecule has 1 aromatic rings. The average Bonchev–Trinajstić information content (AvgIpc) is 3.01. The van der Waals surface area contributed by atoms with Crippen LogP contribution in [-0.4, -0.2) is 19.1 Å². The Labute approximate surface area is 99.6 Å². The molecule has 15 heavy (non-hydrogen) atoms. The number of rotatable bonds is 6. The van der Waals surface area contributed by atoms with Crippen LogP contribution in [0, 0.1) is 0 Å². The average molecular weight is 269 g/mol. The Bertz CT molecular complexity index is 310. The molecule has 0 aliphatic heterocycles. The highest BCUT2D eigenvalue weighted by Gasteiger charge is 2.19. The van der Waals surface area contributed by atoms with Crippen LogP contribution in [0.5, 0.6) is 0 Å². The third-order valence-electron chi connectivity index (χ3n) is 2.53. The molecular formula is C12H17BrN2. The molecule has 0 aromatic heterocycles. The maximum absolute atomic E-state index is 3.48. The van der Waals surface area contributed by atoms with E-state index in [1.807, 2.05) is 0 Å². The zero-order valence-corrected chi connectivity index (χ0v) is 10.4. The lowest BCUT2D eigenvalue weighted by Gasteiger charge is -2.06. The van der Waals surface area contributed by atoms with Crippen molar-refractivity contribution in [3.8, 4) is 0 Å². The largest absolute Gasteiger partial charge is 0.313 e. The van der Waals surface area contributed by atoms with Gasteiger partial charge in [-0.3, -0.25) is 0 Å². The fourth-order valence-corrected chi connectivity index (χ4v) is 1.98. The number of hydrogen-bond acceptors (Lipinski definition) is 2. The molecule has 0 amide bonds. The third-order valence-corrected chi connectivity index (χ3v) is 3.02. The molecule has 1 aliphatic rings. The monoisotopic (exact) mass is 268 g/mol. The van der Waals surface area contributed by atoms with Crippen molar-refractivity contribution in [2.75, 3.05) is 13.1 Å². The minimum atomic E-state index is 0.817. The molecule has 0 bridgehead atoms. The number of hydrogen-bond donors (Lipinski definition) is 2. The summed E-state index contributed by atoms with van der Waals surface area (Å²) in [5.41, 5.74) is 1.33. The van der Waals surface area contributed by atoms with Gasteiger partial charge in [0.25, 0.3) is 0 Å². The van der Waals surface area contributed by atoms with Crippen molar-refractivity contribution in [3.05, 3.63) is 34.3 Å². The number of benzene rings is 1. The first-order chi connectivity index (χ1) is 7.34. The van der Waals surface area contributed by atoms with E-state index in [-0.39, 0.29) is 0 Å². The van der Waals surface area contributed by atoms with Crippen LogP contribution in [0.2, 0.25) is 0 Å². The van der Waals surface area contributed by atoms with E-state index >= 15 is 0 Å². The van der Waals surface area contributed by atoms with Crippen molar-refractivity contribution >= 4 is 15.9 Å². The lowest BCUT2D eigenvalue weighted by atomic mass is 10.2. The van der Waals surface area contributed by atoms with Gasteiger partial charge in [-0.15, -0.1) is 0 Å². The summed E-state index contributed by atoms with van der Waals surface area (Å²) in [5, 5.41) is 6.91. The van der Waals surface area contributed by atoms with Crippen molar-refractivity contribution in [3.63, 3.8) is 0 Å². The molecule has 0 unspecified atom stereocenters. The van der Waals surface area contributed by atoms with Gasteiger partial charge in [-0.1, -0.05) is 28.1 Å². The molecular weight excluding hydrogens is 252 g/mol. The molecule has 0 atom stereocenters. The lowest BCUT2D eigenvalue weighted by molar-refractivity contribution is 0.608. The van der Waals surface area contributed by atoms with Crippen molar-refractivity contribution in [1.29, 1.82) is 0 Å². The molecule has 1 aliphatic carbocycles. The van der Waals surface area contributed by atoms with Gasteiger partial charge in [0.2, 0.25) is 0 Å². The van der Waals surface area contributed by atoms with Gasteiger partial charge in [-0.2, -0.15) is 0 Å². The van der Waals surface area contributed by atoms with E-state index in [0.717, 1.165) is 30.1 Å². The molecule has 1 saturated carbocycles. The topological polar surface area (TPSA) is 24.1 Å². The second kappa shape index (κ2) is 5.64. The Morgan fingerprint density at radius 2 is 2.13 bits per heavy atom. The van der Waals surface area contributed by atoms with E-state index in [9.17, 15) is 0 Å². The second-order valence-electron chi connectivity index (χ2n) is 4.04. The van der Waals surface area contributed by atoms with Crippen LogP contribution in [-0.2, 0) is 6.54 Å². The Morgan fingerprint density at radius 1 is 1.27 bits per heavy atom. The minimum absolute atomic E-state index is 0.817. The maximum atomic E-state index is 3.48. The molecule has 0 saturated heterocycles. The number of halogens is 1.